The van der Waals surface area contributed by atoms with E-state index in [-0.39, 0.29) is 11.7 Å². The number of halogens is 3. The van der Waals surface area contributed by atoms with Crippen LogP contribution in [0.5, 0.6) is 0 Å². The topological polar surface area (TPSA) is 65.0 Å². The van der Waals surface area contributed by atoms with Gasteiger partial charge in [-0.25, -0.2) is 4.39 Å². The number of benzene rings is 2. The Kier molecular flexibility index (Phi) is 3.99. The Morgan fingerprint density at radius 3 is 2.44 bits per heavy atom. The summed E-state index contributed by atoms with van der Waals surface area (Å²) in [6.45, 7) is 0. The molecular formula is C17H8Cl2FN3O2. The van der Waals surface area contributed by atoms with Crippen molar-refractivity contribution >= 4 is 23.2 Å². The van der Waals surface area contributed by atoms with Gasteiger partial charge in [0.05, 0.1) is 5.02 Å². The van der Waals surface area contributed by atoms with Crippen LogP contribution in [0, 0.1) is 5.82 Å². The highest BCUT2D eigenvalue weighted by atomic mass is 35.5. The normalized spacial score (nSPS) is 11.0. The Morgan fingerprint density at radius 1 is 0.880 bits per heavy atom. The summed E-state index contributed by atoms with van der Waals surface area (Å²) in [5, 5.41) is 8.75. The quantitative estimate of drug-likeness (QED) is 0.472. The Morgan fingerprint density at radius 2 is 1.68 bits per heavy atom. The molecule has 0 spiro atoms. The molecule has 0 saturated carbocycles. The molecule has 0 aliphatic heterocycles. The average molecular weight is 376 g/mol. The molecule has 5 nitrogen and oxygen atoms in total. The highest BCUT2D eigenvalue weighted by Gasteiger charge is 2.17. The van der Waals surface area contributed by atoms with Gasteiger partial charge < -0.3 is 9.05 Å². The van der Waals surface area contributed by atoms with E-state index in [0.717, 1.165) is 0 Å². The predicted octanol–water partition coefficient (Wildman–Crippen LogP) is 5.50. The van der Waals surface area contributed by atoms with Gasteiger partial charge in [0, 0.05) is 22.2 Å². The van der Waals surface area contributed by atoms with Gasteiger partial charge in [0.1, 0.15) is 5.82 Å². The van der Waals surface area contributed by atoms with Crippen molar-refractivity contribution in [2.75, 3.05) is 0 Å². The van der Waals surface area contributed by atoms with Crippen molar-refractivity contribution in [2.45, 2.75) is 0 Å². The van der Waals surface area contributed by atoms with Crippen LogP contribution in [0.2, 0.25) is 10.0 Å². The van der Waals surface area contributed by atoms with Gasteiger partial charge in [-0.2, -0.15) is 4.98 Å². The molecule has 4 aromatic rings. The molecule has 2 heterocycles. The van der Waals surface area contributed by atoms with E-state index in [1.165, 1.54) is 12.1 Å². The van der Waals surface area contributed by atoms with E-state index in [1.807, 2.05) is 0 Å². The van der Waals surface area contributed by atoms with Crippen LogP contribution in [-0.4, -0.2) is 15.3 Å². The van der Waals surface area contributed by atoms with Crippen molar-refractivity contribution in [3.8, 4) is 34.3 Å². The Bertz CT molecular complexity index is 1040. The van der Waals surface area contributed by atoms with Crippen LogP contribution in [-0.2, 0) is 0 Å². The third-order valence-corrected chi connectivity index (χ3v) is 4.00. The molecule has 0 fully saturated rings. The smallest absolute Gasteiger partial charge is 0.280 e. The maximum atomic E-state index is 13.0. The molecule has 25 heavy (non-hydrogen) atoms. The third-order valence-electron chi connectivity index (χ3n) is 3.45. The zero-order valence-corrected chi connectivity index (χ0v) is 13.9. The summed E-state index contributed by atoms with van der Waals surface area (Å²) in [5.74, 6) is 0.607. The van der Waals surface area contributed by atoms with E-state index in [2.05, 4.69) is 15.3 Å². The maximum absolute atomic E-state index is 13.0. The number of nitrogens with zero attached hydrogens (tertiary/aromatic N) is 3. The van der Waals surface area contributed by atoms with Gasteiger partial charge >= 0.3 is 0 Å². The predicted molar refractivity (Wildman–Crippen MR) is 90.6 cm³/mol. The van der Waals surface area contributed by atoms with Crippen molar-refractivity contribution in [1.82, 2.24) is 15.3 Å². The second-order valence-electron chi connectivity index (χ2n) is 5.13. The van der Waals surface area contributed by atoms with Crippen LogP contribution in [0.4, 0.5) is 4.39 Å². The molecule has 0 N–H and O–H groups in total. The van der Waals surface area contributed by atoms with Crippen LogP contribution in [0.25, 0.3) is 34.3 Å². The lowest BCUT2D eigenvalue weighted by molar-refractivity contribution is 0.411. The van der Waals surface area contributed by atoms with Gasteiger partial charge in [-0.05, 0) is 42.5 Å². The highest BCUT2D eigenvalue weighted by molar-refractivity contribution is 6.36. The molecule has 0 aliphatic rings. The summed E-state index contributed by atoms with van der Waals surface area (Å²) in [7, 11) is 0. The molecule has 4 rings (SSSR count). The summed E-state index contributed by atoms with van der Waals surface area (Å²) < 4.78 is 23.5. The lowest BCUT2D eigenvalue weighted by Crippen LogP contribution is -1.82. The van der Waals surface area contributed by atoms with Crippen LogP contribution >= 0.6 is 23.2 Å². The fourth-order valence-electron chi connectivity index (χ4n) is 2.24. The largest absolute Gasteiger partial charge is 0.355 e. The number of rotatable bonds is 3. The van der Waals surface area contributed by atoms with Crippen molar-refractivity contribution in [2.24, 2.45) is 0 Å². The first-order valence-corrected chi connectivity index (χ1v) is 7.88. The third kappa shape index (κ3) is 3.14. The lowest BCUT2D eigenvalue weighted by Gasteiger charge is -1.99. The minimum atomic E-state index is -0.339. The zero-order chi connectivity index (χ0) is 17.4. The van der Waals surface area contributed by atoms with Gasteiger partial charge in [-0.1, -0.05) is 33.5 Å². The van der Waals surface area contributed by atoms with Crippen LogP contribution < -0.4 is 0 Å². The first-order valence-electron chi connectivity index (χ1n) is 7.12. The molecule has 0 saturated heterocycles. The van der Waals surface area contributed by atoms with Gasteiger partial charge in [-0.15, -0.1) is 0 Å². The summed E-state index contributed by atoms with van der Waals surface area (Å²) in [6.07, 6.45) is 0. The molecule has 0 bridgehead atoms. The Labute approximate surface area is 151 Å². The summed E-state index contributed by atoms with van der Waals surface area (Å²) in [4.78, 5) is 4.25. The minimum Gasteiger partial charge on any atom is -0.355 e. The molecule has 8 heteroatoms. The first-order chi connectivity index (χ1) is 12.1. The monoisotopic (exact) mass is 375 g/mol. The van der Waals surface area contributed by atoms with Gasteiger partial charge in [0.25, 0.3) is 5.89 Å². The van der Waals surface area contributed by atoms with E-state index in [1.54, 1.807) is 36.4 Å². The lowest BCUT2D eigenvalue weighted by atomic mass is 10.1. The molecule has 0 radical (unpaired) electrons. The molecule has 0 aliphatic carbocycles. The standard InChI is InChI=1S/C17H8Cl2FN3O2/c18-10-3-6-12(13(19)7-10)15-8-14(22-24-15)17-21-16(23-25-17)9-1-4-11(20)5-2-9/h1-8H. The average Bonchev–Trinajstić information content (AvgIpc) is 3.24. The highest BCUT2D eigenvalue weighted by Crippen LogP contribution is 2.32. The van der Waals surface area contributed by atoms with Gasteiger partial charge in [0.2, 0.25) is 5.82 Å². The number of hydrogen-bond donors (Lipinski definition) is 0. The first kappa shape index (κ1) is 15.8. The van der Waals surface area contributed by atoms with Gasteiger partial charge in [-0.3, -0.25) is 0 Å². The summed E-state index contributed by atoms with van der Waals surface area (Å²) in [6, 6.07) is 12.4. The molecule has 2 aromatic carbocycles. The van der Waals surface area contributed by atoms with Crippen LogP contribution in [0.15, 0.2) is 57.6 Å². The fourth-order valence-corrected chi connectivity index (χ4v) is 2.74. The van der Waals surface area contributed by atoms with Crippen molar-refractivity contribution in [3.05, 3.63) is 64.4 Å². The van der Waals surface area contributed by atoms with Crippen LogP contribution in [0.1, 0.15) is 0 Å². The second-order valence-corrected chi connectivity index (χ2v) is 5.97. The molecule has 2 aromatic heterocycles. The fraction of sp³-hybridized carbons (Fsp3) is 0. The summed E-state index contributed by atoms with van der Waals surface area (Å²) in [5.41, 5.74) is 1.63. The Hall–Kier alpha value is -2.70. The molecule has 0 unspecified atom stereocenters. The number of aromatic nitrogens is 3. The van der Waals surface area contributed by atoms with Crippen LogP contribution in [0.3, 0.4) is 0 Å². The van der Waals surface area contributed by atoms with Gasteiger partial charge in [0.15, 0.2) is 11.5 Å². The van der Waals surface area contributed by atoms with Crippen molar-refractivity contribution in [1.29, 1.82) is 0 Å². The van der Waals surface area contributed by atoms with E-state index in [9.17, 15) is 4.39 Å². The Balaban J connectivity index is 1.65. The molecule has 124 valence electrons. The van der Waals surface area contributed by atoms with Crippen molar-refractivity contribution < 1.29 is 13.4 Å². The molecular weight excluding hydrogens is 368 g/mol. The zero-order valence-electron chi connectivity index (χ0n) is 12.4. The maximum Gasteiger partial charge on any atom is 0.280 e. The van der Waals surface area contributed by atoms with E-state index in [4.69, 9.17) is 32.2 Å². The summed E-state index contributed by atoms with van der Waals surface area (Å²) >= 11 is 12.1. The number of hydrogen-bond acceptors (Lipinski definition) is 5. The minimum absolute atomic E-state index is 0.180. The molecule has 0 atom stereocenters. The SMILES string of the molecule is Fc1ccc(-c2noc(-c3cc(-c4ccc(Cl)cc4Cl)on3)n2)cc1. The van der Waals surface area contributed by atoms with E-state index < -0.39 is 0 Å². The molecule has 0 amide bonds. The van der Waals surface area contributed by atoms with E-state index in [0.29, 0.717) is 38.5 Å². The van der Waals surface area contributed by atoms with Crippen molar-refractivity contribution in [3.63, 3.8) is 0 Å². The van der Waals surface area contributed by atoms with E-state index >= 15 is 0 Å². The second kappa shape index (κ2) is 6.31.